The van der Waals surface area contributed by atoms with E-state index in [1.165, 1.54) is 31.3 Å². The van der Waals surface area contributed by atoms with E-state index < -0.39 is 27.9 Å². The second kappa shape index (κ2) is 7.37. The summed E-state index contributed by atoms with van der Waals surface area (Å²) in [5.74, 6) is -1.87. The molecule has 122 valence electrons. The summed E-state index contributed by atoms with van der Waals surface area (Å²) in [6, 6.07) is 4.28. The van der Waals surface area contributed by atoms with Crippen LogP contribution in [0.15, 0.2) is 29.2 Å². The van der Waals surface area contributed by atoms with Gasteiger partial charge in [0.25, 0.3) is 5.91 Å². The Labute approximate surface area is 129 Å². The summed E-state index contributed by atoms with van der Waals surface area (Å²) in [6.07, 6.45) is 0.608. The van der Waals surface area contributed by atoms with Crippen LogP contribution in [0, 0.1) is 5.92 Å². The van der Waals surface area contributed by atoms with Crippen LogP contribution in [0.4, 0.5) is 0 Å². The Morgan fingerprint density at radius 1 is 1.23 bits per heavy atom. The summed E-state index contributed by atoms with van der Waals surface area (Å²) < 4.78 is 25.3. The predicted molar refractivity (Wildman–Crippen MR) is 81.0 cm³/mol. The fourth-order valence-corrected chi connectivity index (χ4v) is 2.54. The van der Waals surface area contributed by atoms with Crippen LogP contribution >= 0.6 is 0 Å². The van der Waals surface area contributed by atoms with Gasteiger partial charge in [-0.05, 0) is 37.2 Å². The Balaban J connectivity index is 2.92. The first-order valence-corrected chi connectivity index (χ1v) is 8.28. The van der Waals surface area contributed by atoms with Crippen molar-refractivity contribution in [3.05, 3.63) is 29.8 Å². The van der Waals surface area contributed by atoms with E-state index in [1.54, 1.807) is 6.92 Å². The zero-order chi connectivity index (χ0) is 16.9. The van der Waals surface area contributed by atoms with Crippen molar-refractivity contribution in [1.29, 1.82) is 0 Å². The number of hydrogen-bond acceptors (Lipinski definition) is 4. The summed E-state index contributed by atoms with van der Waals surface area (Å²) in [4.78, 5) is 23.3. The normalized spacial score (nSPS) is 14.1. The molecule has 0 aliphatic rings. The number of nitrogens with one attached hydrogen (secondary N) is 2. The average molecular weight is 328 g/mol. The summed E-state index contributed by atoms with van der Waals surface area (Å²) >= 11 is 0. The van der Waals surface area contributed by atoms with E-state index in [0.29, 0.717) is 6.42 Å². The molecule has 3 N–H and O–H groups in total. The summed E-state index contributed by atoms with van der Waals surface area (Å²) in [6.45, 7) is 3.58. The number of hydrogen-bond donors (Lipinski definition) is 3. The molecular formula is C14H20N2O5S. The van der Waals surface area contributed by atoms with Gasteiger partial charge in [-0.25, -0.2) is 17.9 Å². The molecule has 8 heteroatoms. The van der Waals surface area contributed by atoms with Crippen LogP contribution in [0.2, 0.25) is 0 Å². The maximum absolute atomic E-state index is 12.1. The third-order valence-corrected chi connectivity index (χ3v) is 4.89. The molecule has 0 saturated carbocycles. The lowest BCUT2D eigenvalue weighted by atomic mass is 9.99. The van der Waals surface area contributed by atoms with Gasteiger partial charge in [0, 0.05) is 5.56 Å². The molecule has 2 atom stereocenters. The van der Waals surface area contributed by atoms with Crippen LogP contribution in [0.25, 0.3) is 0 Å². The molecule has 0 aliphatic carbocycles. The Kier molecular flexibility index (Phi) is 6.07. The van der Waals surface area contributed by atoms with E-state index in [-0.39, 0.29) is 16.4 Å². The molecule has 0 saturated heterocycles. The molecule has 1 amide bonds. The molecule has 1 aromatic carbocycles. The molecule has 0 unspecified atom stereocenters. The maximum atomic E-state index is 12.1. The van der Waals surface area contributed by atoms with E-state index in [2.05, 4.69) is 10.0 Å². The van der Waals surface area contributed by atoms with Gasteiger partial charge in [0.05, 0.1) is 4.90 Å². The highest BCUT2D eigenvalue weighted by Gasteiger charge is 2.25. The molecule has 0 heterocycles. The molecule has 0 aliphatic heterocycles. The van der Waals surface area contributed by atoms with Gasteiger partial charge < -0.3 is 10.4 Å². The van der Waals surface area contributed by atoms with Gasteiger partial charge in [-0.3, -0.25) is 4.79 Å². The maximum Gasteiger partial charge on any atom is 0.326 e. The molecule has 7 nitrogen and oxygen atoms in total. The first-order chi connectivity index (χ1) is 10.2. The monoisotopic (exact) mass is 328 g/mol. The number of benzene rings is 1. The van der Waals surface area contributed by atoms with E-state index in [9.17, 15) is 18.0 Å². The first kappa shape index (κ1) is 18.1. The van der Waals surface area contributed by atoms with E-state index in [4.69, 9.17) is 5.11 Å². The Morgan fingerprint density at radius 3 is 2.18 bits per heavy atom. The highest BCUT2D eigenvalue weighted by atomic mass is 32.2. The minimum atomic E-state index is -3.57. The van der Waals surface area contributed by atoms with Gasteiger partial charge in [0.2, 0.25) is 10.0 Å². The number of amides is 1. The van der Waals surface area contributed by atoms with Gasteiger partial charge in [-0.15, -0.1) is 0 Å². The number of carbonyl (C=O) groups is 2. The summed E-state index contributed by atoms with van der Waals surface area (Å²) in [5, 5.41) is 11.6. The van der Waals surface area contributed by atoms with E-state index in [1.807, 2.05) is 6.92 Å². The number of carboxylic acids is 1. The van der Waals surface area contributed by atoms with Gasteiger partial charge in [0.15, 0.2) is 0 Å². The molecule has 0 fully saturated rings. The van der Waals surface area contributed by atoms with Crippen molar-refractivity contribution < 1.29 is 23.1 Å². The minimum absolute atomic E-state index is 0.0308. The van der Waals surface area contributed by atoms with Crippen molar-refractivity contribution in [2.75, 3.05) is 7.05 Å². The fourth-order valence-electron chi connectivity index (χ4n) is 1.81. The fraction of sp³-hybridized carbons (Fsp3) is 0.429. The van der Waals surface area contributed by atoms with Crippen molar-refractivity contribution in [2.24, 2.45) is 5.92 Å². The Bertz CT molecular complexity index is 640. The molecule has 0 bridgehead atoms. The number of sulfonamides is 1. The molecule has 0 spiro atoms. The number of carbonyl (C=O) groups excluding carboxylic acids is 1. The first-order valence-electron chi connectivity index (χ1n) is 6.80. The lowest BCUT2D eigenvalue weighted by molar-refractivity contribution is -0.140. The SMILES string of the molecule is CC[C@H](C)[C@H](NC(=O)c1ccc(S(=O)(=O)NC)cc1)C(=O)O. The summed E-state index contributed by atoms with van der Waals surface area (Å²) in [7, 11) is -2.28. The van der Waals surface area contributed by atoms with Crippen molar-refractivity contribution in [3.8, 4) is 0 Å². The zero-order valence-corrected chi connectivity index (χ0v) is 13.5. The Morgan fingerprint density at radius 2 is 1.77 bits per heavy atom. The van der Waals surface area contributed by atoms with Crippen molar-refractivity contribution >= 4 is 21.9 Å². The summed E-state index contributed by atoms with van der Waals surface area (Å²) in [5.41, 5.74) is 0.199. The quantitative estimate of drug-likeness (QED) is 0.686. The average Bonchev–Trinajstić information content (AvgIpc) is 2.51. The highest BCUT2D eigenvalue weighted by molar-refractivity contribution is 7.89. The second-order valence-electron chi connectivity index (χ2n) is 4.91. The lowest BCUT2D eigenvalue weighted by Gasteiger charge is -2.20. The predicted octanol–water partition coefficient (Wildman–Crippen LogP) is 0.824. The molecule has 1 rings (SSSR count). The van der Waals surface area contributed by atoms with Crippen LogP contribution in [-0.4, -0.2) is 38.5 Å². The van der Waals surface area contributed by atoms with Crippen LogP contribution in [-0.2, 0) is 14.8 Å². The lowest BCUT2D eigenvalue weighted by Crippen LogP contribution is -2.45. The standard InChI is InChI=1S/C14H20N2O5S/c1-4-9(2)12(14(18)19)16-13(17)10-5-7-11(8-6-10)22(20,21)15-3/h5-9,12,15H,4H2,1-3H3,(H,16,17)(H,18,19)/t9-,12-/m0/s1. The van der Waals surface area contributed by atoms with Gasteiger partial charge in [-0.1, -0.05) is 20.3 Å². The Hall–Kier alpha value is -1.93. The smallest absolute Gasteiger partial charge is 0.326 e. The molecule has 0 aromatic heterocycles. The van der Waals surface area contributed by atoms with E-state index >= 15 is 0 Å². The number of rotatable bonds is 7. The van der Waals surface area contributed by atoms with Crippen LogP contribution in [0.3, 0.4) is 0 Å². The highest BCUT2D eigenvalue weighted by Crippen LogP contribution is 2.12. The van der Waals surface area contributed by atoms with Crippen molar-refractivity contribution in [3.63, 3.8) is 0 Å². The van der Waals surface area contributed by atoms with Crippen LogP contribution < -0.4 is 10.0 Å². The third kappa shape index (κ3) is 4.28. The zero-order valence-electron chi connectivity index (χ0n) is 12.7. The minimum Gasteiger partial charge on any atom is -0.480 e. The van der Waals surface area contributed by atoms with Crippen LogP contribution in [0.5, 0.6) is 0 Å². The largest absolute Gasteiger partial charge is 0.480 e. The van der Waals surface area contributed by atoms with Crippen molar-refractivity contribution in [1.82, 2.24) is 10.0 Å². The van der Waals surface area contributed by atoms with Gasteiger partial charge >= 0.3 is 5.97 Å². The van der Waals surface area contributed by atoms with Crippen molar-refractivity contribution in [2.45, 2.75) is 31.2 Å². The number of carboxylic acid groups (broad SMARTS) is 1. The molecule has 0 radical (unpaired) electrons. The third-order valence-electron chi connectivity index (χ3n) is 3.46. The van der Waals surface area contributed by atoms with Gasteiger partial charge in [0.1, 0.15) is 6.04 Å². The molecule has 1 aromatic rings. The molecule has 22 heavy (non-hydrogen) atoms. The van der Waals surface area contributed by atoms with Gasteiger partial charge in [-0.2, -0.15) is 0 Å². The van der Waals surface area contributed by atoms with Crippen LogP contribution in [0.1, 0.15) is 30.6 Å². The number of aliphatic carboxylic acids is 1. The topological polar surface area (TPSA) is 113 Å². The molecular weight excluding hydrogens is 308 g/mol. The second-order valence-corrected chi connectivity index (χ2v) is 6.79. The van der Waals surface area contributed by atoms with E-state index in [0.717, 1.165) is 0 Å².